The van der Waals surface area contributed by atoms with Gasteiger partial charge in [0.25, 0.3) is 0 Å². The number of benzene rings is 1. The Balaban J connectivity index is 2.72. The van der Waals surface area contributed by atoms with Gasteiger partial charge in [-0.25, -0.2) is 0 Å². The zero-order valence-electron chi connectivity index (χ0n) is 9.90. The molecule has 1 aromatic carbocycles. The van der Waals surface area contributed by atoms with E-state index >= 15 is 0 Å². The Labute approximate surface area is 109 Å². The largest absolute Gasteiger partial charge is 0.496 e. The molecule has 0 bridgehead atoms. The number of carbonyl (C=O) groups is 1. The third-order valence-corrected chi connectivity index (χ3v) is 2.92. The number of rotatable bonds is 5. The highest BCUT2D eigenvalue weighted by molar-refractivity contribution is 9.10. The lowest BCUT2D eigenvalue weighted by Crippen LogP contribution is -2.17. The fourth-order valence-corrected chi connectivity index (χ4v) is 1.99. The summed E-state index contributed by atoms with van der Waals surface area (Å²) >= 11 is 3.38. The van der Waals surface area contributed by atoms with Crippen molar-refractivity contribution in [2.24, 2.45) is 5.73 Å². The van der Waals surface area contributed by atoms with Gasteiger partial charge in [-0.15, -0.1) is 0 Å². The summed E-state index contributed by atoms with van der Waals surface area (Å²) in [4.78, 5) is 11.3. The summed E-state index contributed by atoms with van der Waals surface area (Å²) in [6.07, 6.45) is 0.173. The molecular weight excluding hydrogens is 286 g/mol. The molecule has 0 spiro atoms. The van der Waals surface area contributed by atoms with Crippen LogP contribution < -0.4 is 10.5 Å². The molecule has 1 atom stereocenters. The van der Waals surface area contributed by atoms with Crippen LogP contribution in [0.4, 0.5) is 0 Å². The minimum absolute atomic E-state index is 0.173. The van der Waals surface area contributed by atoms with Crippen LogP contribution in [0.15, 0.2) is 22.7 Å². The molecule has 5 heteroatoms. The van der Waals surface area contributed by atoms with Crippen LogP contribution in [0.2, 0.25) is 0 Å². The average Bonchev–Trinajstić information content (AvgIpc) is 2.29. The smallest absolute Gasteiger partial charge is 0.307 e. The standard InChI is InChI=1S/C12H16BrNO3/c1-3-17-12(15)7-10(14)8-4-5-11(16-2)9(13)6-8/h4-6,10H,3,7,14H2,1-2H3/t10-/m1/s1. The van der Waals surface area contributed by atoms with Gasteiger partial charge < -0.3 is 15.2 Å². The van der Waals surface area contributed by atoms with Crippen molar-refractivity contribution in [3.63, 3.8) is 0 Å². The van der Waals surface area contributed by atoms with Crippen molar-refractivity contribution < 1.29 is 14.3 Å². The number of ether oxygens (including phenoxy) is 2. The highest BCUT2D eigenvalue weighted by Crippen LogP contribution is 2.28. The van der Waals surface area contributed by atoms with Crippen LogP contribution in [0.5, 0.6) is 5.75 Å². The van der Waals surface area contributed by atoms with Crippen LogP contribution in [0.25, 0.3) is 0 Å². The van der Waals surface area contributed by atoms with Crippen LogP contribution in [0, 0.1) is 0 Å². The zero-order chi connectivity index (χ0) is 12.8. The highest BCUT2D eigenvalue weighted by Gasteiger charge is 2.13. The van der Waals surface area contributed by atoms with Crippen molar-refractivity contribution in [2.75, 3.05) is 13.7 Å². The number of carbonyl (C=O) groups excluding carboxylic acids is 1. The Morgan fingerprint density at radius 2 is 2.24 bits per heavy atom. The molecule has 0 radical (unpaired) electrons. The van der Waals surface area contributed by atoms with E-state index in [0.717, 1.165) is 15.8 Å². The van der Waals surface area contributed by atoms with Gasteiger partial charge in [-0.3, -0.25) is 4.79 Å². The van der Waals surface area contributed by atoms with E-state index in [0.29, 0.717) is 6.61 Å². The van der Waals surface area contributed by atoms with Gasteiger partial charge in [0.1, 0.15) is 5.75 Å². The number of halogens is 1. The Morgan fingerprint density at radius 3 is 2.76 bits per heavy atom. The fraction of sp³-hybridized carbons (Fsp3) is 0.417. The first-order valence-electron chi connectivity index (χ1n) is 5.33. The third-order valence-electron chi connectivity index (χ3n) is 2.30. The van der Waals surface area contributed by atoms with Crippen molar-refractivity contribution in [3.05, 3.63) is 28.2 Å². The lowest BCUT2D eigenvalue weighted by Gasteiger charge is -2.13. The lowest BCUT2D eigenvalue weighted by molar-refractivity contribution is -0.143. The van der Waals surface area contributed by atoms with Gasteiger partial charge in [0.05, 0.1) is 24.6 Å². The minimum atomic E-state index is -0.365. The van der Waals surface area contributed by atoms with E-state index in [9.17, 15) is 4.79 Å². The molecule has 2 N–H and O–H groups in total. The quantitative estimate of drug-likeness (QED) is 0.849. The van der Waals surface area contributed by atoms with Crippen molar-refractivity contribution in [2.45, 2.75) is 19.4 Å². The van der Waals surface area contributed by atoms with Crippen LogP contribution in [0.3, 0.4) is 0 Å². The first-order valence-corrected chi connectivity index (χ1v) is 6.12. The first kappa shape index (κ1) is 14.0. The highest BCUT2D eigenvalue weighted by atomic mass is 79.9. The second-order valence-electron chi connectivity index (χ2n) is 3.51. The summed E-state index contributed by atoms with van der Waals surface area (Å²) < 4.78 is 10.8. The van der Waals surface area contributed by atoms with Crippen LogP contribution in [-0.4, -0.2) is 19.7 Å². The Morgan fingerprint density at radius 1 is 1.53 bits per heavy atom. The van der Waals surface area contributed by atoms with E-state index in [1.807, 2.05) is 18.2 Å². The van der Waals surface area contributed by atoms with Gasteiger partial charge in [-0.1, -0.05) is 6.07 Å². The number of hydrogen-bond acceptors (Lipinski definition) is 4. The Bertz CT molecular complexity index is 395. The molecule has 1 aromatic rings. The first-order chi connectivity index (χ1) is 8.08. The van der Waals surface area contributed by atoms with Gasteiger partial charge >= 0.3 is 5.97 Å². The molecule has 0 saturated carbocycles. The topological polar surface area (TPSA) is 61.5 Å². The van der Waals surface area contributed by atoms with Gasteiger partial charge in [0.2, 0.25) is 0 Å². The van der Waals surface area contributed by atoms with Crippen LogP contribution in [-0.2, 0) is 9.53 Å². The van der Waals surface area contributed by atoms with Crippen molar-refractivity contribution in [1.29, 1.82) is 0 Å². The molecule has 0 unspecified atom stereocenters. The average molecular weight is 302 g/mol. The maximum atomic E-state index is 11.3. The Hall–Kier alpha value is -1.07. The van der Waals surface area contributed by atoms with E-state index in [-0.39, 0.29) is 18.4 Å². The predicted molar refractivity (Wildman–Crippen MR) is 68.9 cm³/mol. The molecule has 0 aliphatic carbocycles. The zero-order valence-corrected chi connectivity index (χ0v) is 11.5. The number of nitrogens with two attached hydrogens (primary N) is 1. The van der Waals surface area contributed by atoms with Gasteiger partial charge in [-0.2, -0.15) is 0 Å². The molecule has 0 amide bonds. The second-order valence-corrected chi connectivity index (χ2v) is 4.36. The number of esters is 1. The molecule has 17 heavy (non-hydrogen) atoms. The minimum Gasteiger partial charge on any atom is -0.496 e. The summed E-state index contributed by atoms with van der Waals surface area (Å²) in [7, 11) is 1.60. The lowest BCUT2D eigenvalue weighted by atomic mass is 10.0. The van der Waals surface area contributed by atoms with Crippen molar-refractivity contribution >= 4 is 21.9 Å². The summed E-state index contributed by atoms with van der Waals surface area (Å²) in [5.74, 6) is 0.448. The second kappa shape index (κ2) is 6.61. The normalized spacial score (nSPS) is 12.0. The molecule has 4 nitrogen and oxygen atoms in total. The SMILES string of the molecule is CCOC(=O)C[C@@H](N)c1ccc(OC)c(Br)c1. The third kappa shape index (κ3) is 4.02. The Kier molecular flexibility index (Phi) is 5.44. The van der Waals surface area contributed by atoms with Gasteiger partial charge in [0.15, 0.2) is 0 Å². The van der Waals surface area contributed by atoms with Crippen molar-refractivity contribution in [1.82, 2.24) is 0 Å². The summed E-state index contributed by atoms with van der Waals surface area (Å²) in [6.45, 7) is 2.14. The van der Waals surface area contributed by atoms with Gasteiger partial charge in [0, 0.05) is 6.04 Å². The molecule has 1 rings (SSSR count). The maximum Gasteiger partial charge on any atom is 0.307 e. The summed E-state index contributed by atoms with van der Waals surface area (Å²) in [6, 6.07) is 5.14. The van der Waals surface area contributed by atoms with E-state index in [4.69, 9.17) is 15.2 Å². The summed E-state index contributed by atoms with van der Waals surface area (Å²) in [5, 5.41) is 0. The van der Waals surface area contributed by atoms with E-state index < -0.39 is 0 Å². The van der Waals surface area contributed by atoms with Gasteiger partial charge in [-0.05, 0) is 40.5 Å². The van der Waals surface area contributed by atoms with Crippen LogP contribution in [0.1, 0.15) is 24.9 Å². The summed E-state index contributed by atoms with van der Waals surface area (Å²) in [5.41, 5.74) is 6.79. The van der Waals surface area contributed by atoms with E-state index in [1.54, 1.807) is 14.0 Å². The molecule has 0 heterocycles. The molecule has 0 aromatic heterocycles. The fourth-order valence-electron chi connectivity index (χ4n) is 1.43. The number of hydrogen-bond donors (Lipinski definition) is 1. The number of methoxy groups -OCH3 is 1. The molecule has 0 saturated heterocycles. The molecule has 0 aliphatic heterocycles. The maximum absolute atomic E-state index is 11.3. The molecule has 94 valence electrons. The van der Waals surface area contributed by atoms with E-state index in [2.05, 4.69) is 15.9 Å². The molecule has 0 aliphatic rings. The molecule has 0 fully saturated rings. The monoisotopic (exact) mass is 301 g/mol. The van der Waals surface area contributed by atoms with E-state index in [1.165, 1.54) is 0 Å². The van der Waals surface area contributed by atoms with Crippen LogP contribution >= 0.6 is 15.9 Å². The predicted octanol–water partition coefficient (Wildman–Crippen LogP) is 2.41. The van der Waals surface area contributed by atoms with Crippen molar-refractivity contribution in [3.8, 4) is 5.75 Å². The molecular formula is C12H16BrNO3.